The molecule has 0 aliphatic heterocycles. The average Bonchev–Trinajstić information content (AvgIpc) is 2.83. The Morgan fingerprint density at radius 3 is 2.63 bits per heavy atom. The molecule has 1 unspecified atom stereocenters. The van der Waals surface area contributed by atoms with Crippen LogP contribution in [0.2, 0.25) is 0 Å². The van der Waals surface area contributed by atoms with Gasteiger partial charge in [-0.15, -0.1) is 11.8 Å². The third kappa shape index (κ3) is 3.56. The Hall–Kier alpha value is -1.37. The molecule has 5 nitrogen and oxygen atoms in total. The fraction of sp³-hybridized carbons (Fsp3) is 0.385. The van der Waals surface area contributed by atoms with E-state index in [4.69, 9.17) is 5.84 Å². The van der Waals surface area contributed by atoms with E-state index in [1.54, 1.807) is 11.0 Å². The van der Waals surface area contributed by atoms with E-state index in [1.807, 2.05) is 18.8 Å². The average molecular weight is 277 g/mol. The molecule has 2 rings (SSSR count). The van der Waals surface area contributed by atoms with Crippen molar-refractivity contribution in [1.82, 2.24) is 20.2 Å². The summed E-state index contributed by atoms with van der Waals surface area (Å²) in [6.07, 6.45) is 2.27. The fourth-order valence-electron chi connectivity index (χ4n) is 1.92. The van der Waals surface area contributed by atoms with Gasteiger partial charge in [0, 0.05) is 18.4 Å². The van der Waals surface area contributed by atoms with Gasteiger partial charge in [0.25, 0.3) is 0 Å². The second-order valence-corrected chi connectivity index (χ2v) is 5.56. The van der Waals surface area contributed by atoms with Crippen LogP contribution in [0.25, 0.3) is 0 Å². The van der Waals surface area contributed by atoms with E-state index in [2.05, 4.69) is 46.7 Å². The minimum Gasteiger partial charge on any atom is -0.271 e. The molecule has 0 aliphatic carbocycles. The maximum Gasteiger partial charge on any atom is 0.138 e. The fourth-order valence-corrected chi connectivity index (χ4v) is 2.59. The Morgan fingerprint density at radius 1 is 1.37 bits per heavy atom. The first-order chi connectivity index (χ1) is 9.24. The molecule has 0 radical (unpaired) electrons. The molecule has 3 N–H and O–H groups in total. The summed E-state index contributed by atoms with van der Waals surface area (Å²) in [7, 11) is 1.89. The van der Waals surface area contributed by atoms with Crippen LogP contribution in [-0.4, -0.2) is 20.5 Å². The summed E-state index contributed by atoms with van der Waals surface area (Å²) in [5, 5.41) is 4.07. The zero-order valence-electron chi connectivity index (χ0n) is 11.2. The van der Waals surface area contributed by atoms with Crippen LogP contribution >= 0.6 is 11.8 Å². The van der Waals surface area contributed by atoms with Gasteiger partial charge in [0.15, 0.2) is 0 Å². The molecule has 1 aromatic carbocycles. The maximum absolute atomic E-state index is 5.66. The van der Waals surface area contributed by atoms with E-state index < -0.39 is 0 Å². The molecule has 0 bridgehead atoms. The van der Waals surface area contributed by atoms with Gasteiger partial charge in [-0.2, -0.15) is 5.10 Å². The van der Waals surface area contributed by atoms with E-state index in [-0.39, 0.29) is 6.04 Å². The lowest BCUT2D eigenvalue weighted by atomic mass is 10.0. The molecular formula is C13H19N5S. The first-order valence-electron chi connectivity index (χ1n) is 6.26. The zero-order chi connectivity index (χ0) is 13.7. The van der Waals surface area contributed by atoms with Crippen molar-refractivity contribution in [1.29, 1.82) is 0 Å². The summed E-state index contributed by atoms with van der Waals surface area (Å²) in [6, 6.07) is 8.52. The number of aryl methyl sites for hydroxylation is 1. The number of hydrogen-bond donors (Lipinski definition) is 2. The van der Waals surface area contributed by atoms with E-state index in [9.17, 15) is 0 Å². The Bertz CT molecular complexity index is 508. The highest BCUT2D eigenvalue weighted by Crippen LogP contribution is 2.22. The molecule has 0 spiro atoms. The van der Waals surface area contributed by atoms with Crippen molar-refractivity contribution in [3.63, 3.8) is 0 Å². The Morgan fingerprint density at radius 2 is 2.11 bits per heavy atom. The SMILES string of the molecule is CCSc1ccc(C(Cc2ncnn2C)NN)cc1. The van der Waals surface area contributed by atoms with Crippen molar-refractivity contribution in [3.8, 4) is 0 Å². The van der Waals surface area contributed by atoms with Gasteiger partial charge in [-0.3, -0.25) is 16.0 Å². The highest BCUT2D eigenvalue weighted by Gasteiger charge is 2.13. The topological polar surface area (TPSA) is 68.8 Å². The van der Waals surface area contributed by atoms with Gasteiger partial charge in [-0.25, -0.2) is 4.98 Å². The smallest absolute Gasteiger partial charge is 0.138 e. The van der Waals surface area contributed by atoms with Gasteiger partial charge < -0.3 is 0 Å². The summed E-state index contributed by atoms with van der Waals surface area (Å²) in [6.45, 7) is 2.15. The largest absolute Gasteiger partial charge is 0.271 e. The van der Waals surface area contributed by atoms with Crippen molar-refractivity contribution < 1.29 is 0 Å². The maximum atomic E-state index is 5.66. The number of hydrogen-bond acceptors (Lipinski definition) is 5. The molecule has 0 saturated carbocycles. The number of thioether (sulfide) groups is 1. The van der Waals surface area contributed by atoms with E-state index in [0.717, 1.165) is 17.1 Å². The van der Waals surface area contributed by atoms with Crippen molar-refractivity contribution in [2.75, 3.05) is 5.75 Å². The van der Waals surface area contributed by atoms with Crippen LogP contribution in [0.1, 0.15) is 24.4 Å². The van der Waals surface area contributed by atoms with E-state index in [0.29, 0.717) is 6.42 Å². The van der Waals surface area contributed by atoms with E-state index in [1.165, 1.54) is 4.90 Å². The quantitative estimate of drug-likeness (QED) is 0.477. The second-order valence-electron chi connectivity index (χ2n) is 4.23. The molecule has 2 aromatic rings. The van der Waals surface area contributed by atoms with Gasteiger partial charge in [-0.05, 0) is 23.4 Å². The number of benzene rings is 1. The highest BCUT2D eigenvalue weighted by molar-refractivity contribution is 7.99. The molecule has 19 heavy (non-hydrogen) atoms. The lowest BCUT2D eigenvalue weighted by Gasteiger charge is -2.16. The van der Waals surface area contributed by atoms with Crippen LogP contribution in [0.5, 0.6) is 0 Å². The van der Waals surface area contributed by atoms with Crippen LogP contribution < -0.4 is 11.3 Å². The normalized spacial score (nSPS) is 12.6. The van der Waals surface area contributed by atoms with E-state index >= 15 is 0 Å². The molecule has 0 saturated heterocycles. The molecule has 0 amide bonds. The lowest BCUT2D eigenvalue weighted by molar-refractivity contribution is 0.523. The molecule has 6 heteroatoms. The van der Waals surface area contributed by atoms with Crippen LogP contribution in [0.15, 0.2) is 35.5 Å². The number of aromatic nitrogens is 3. The standard InChI is InChI=1S/C13H19N5S/c1-3-19-11-6-4-10(5-7-11)12(17-14)8-13-15-9-16-18(13)2/h4-7,9,12,17H,3,8,14H2,1-2H3. The van der Waals surface area contributed by atoms with Crippen molar-refractivity contribution in [2.24, 2.45) is 12.9 Å². The minimum atomic E-state index is 0.0450. The van der Waals surface area contributed by atoms with Crippen LogP contribution in [0.4, 0.5) is 0 Å². The van der Waals surface area contributed by atoms with Gasteiger partial charge in [0.1, 0.15) is 12.2 Å². The Labute approximate surface area is 117 Å². The Kier molecular flexibility index (Phi) is 4.95. The molecule has 0 fully saturated rings. The van der Waals surface area contributed by atoms with Crippen LogP contribution in [0, 0.1) is 0 Å². The van der Waals surface area contributed by atoms with Gasteiger partial charge >= 0.3 is 0 Å². The number of nitrogens with two attached hydrogens (primary N) is 1. The van der Waals surface area contributed by atoms with Crippen LogP contribution in [-0.2, 0) is 13.5 Å². The van der Waals surface area contributed by atoms with Crippen molar-refractivity contribution in [2.45, 2.75) is 24.3 Å². The zero-order valence-corrected chi connectivity index (χ0v) is 12.0. The molecule has 1 atom stereocenters. The predicted octanol–water partition coefficient (Wildman–Crippen LogP) is 1.67. The lowest BCUT2D eigenvalue weighted by Crippen LogP contribution is -2.30. The first-order valence-corrected chi connectivity index (χ1v) is 7.25. The summed E-state index contributed by atoms with van der Waals surface area (Å²) in [5.74, 6) is 7.65. The monoisotopic (exact) mass is 277 g/mol. The third-order valence-electron chi connectivity index (χ3n) is 2.99. The van der Waals surface area contributed by atoms with Crippen LogP contribution in [0.3, 0.4) is 0 Å². The second kappa shape index (κ2) is 6.70. The number of rotatable bonds is 6. The summed E-state index contributed by atoms with van der Waals surface area (Å²) >= 11 is 1.83. The highest BCUT2D eigenvalue weighted by atomic mass is 32.2. The van der Waals surface area contributed by atoms with Gasteiger partial charge in [0.05, 0.1) is 6.04 Å². The minimum absolute atomic E-state index is 0.0450. The van der Waals surface area contributed by atoms with Crippen molar-refractivity contribution >= 4 is 11.8 Å². The van der Waals surface area contributed by atoms with Gasteiger partial charge in [-0.1, -0.05) is 19.1 Å². The first kappa shape index (κ1) is 14.0. The number of nitrogens with one attached hydrogen (secondary N) is 1. The molecule has 0 aliphatic rings. The molecule has 1 aromatic heterocycles. The summed E-state index contributed by atoms with van der Waals surface area (Å²) < 4.78 is 1.77. The summed E-state index contributed by atoms with van der Waals surface area (Å²) in [4.78, 5) is 5.51. The van der Waals surface area contributed by atoms with Gasteiger partial charge in [0.2, 0.25) is 0 Å². The molecule has 102 valence electrons. The van der Waals surface area contributed by atoms with Crippen molar-refractivity contribution in [3.05, 3.63) is 42.0 Å². The summed E-state index contributed by atoms with van der Waals surface area (Å²) in [5.41, 5.74) is 4.01. The third-order valence-corrected chi connectivity index (χ3v) is 3.88. The predicted molar refractivity (Wildman–Crippen MR) is 77.6 cm³/mol. The number of nitrogens with zero attached hydrogens (tertiary/aromatic N) is 3. The Balaban J connectivity index is 2.11. The molecule has 1 heterocycles. The number of hydrazine groups is 1. The molecular weight excluding hydrogens is 258 g/mol.